The van der Waals surface area contributed by atoms with E-state index in [1.54, 1.807) is 12.1 Å². The van der Waals surface area contributed by atoms with Gasteiger partial charge in [-0.25, -0.2) is 18.4 Å². The Kier molecular flexibility index (Phi) is 4.24. The summed E-state index contributed by atoms with van der Waals surface area (Å²) in [5.41, 5.74) is 1.20. The number of aryl methyl sites for hydroxylation is 1. The Morgan fingerprint density at radius 2 is 2.15 bits per heavy atom. The first-order valence-corrected chi connectivity index (χ1v) is 8.51. The molecule has 0 aromatic carbocycles. The number of methoxy groups -OCH3 is 1. The van der Waals surface area contributed by atoms with Crippen molar-refractivity contribution in [1.29, 1.82) is 0 Å². The molecule has 20 heavy (non-hydrogen) atoms. The highest BCUT2D eigenvalue weighted by atomic mass is 32.2. The van der Waals surface area contributed by atoms with Gasteiger partial charge in [0.1, 0.15) is 0 Å². The van der Waals surface area contributed by atoms with Crippen molar-refractivity contribution in [1.82, 2.24) is 9.97 Å². The Morgan fingerprint density at radius 3 is 2.60 bits per heavy atom. The van der Waals surface area contributed by atoms with Gasteiger partial charge in [-0.15, -0.1) is 11.3 Å². The minimum atomic E-state index is -3.41. The molecule has 2 heterocycles. The summed E-state index contributed by atoms with van der Waals surface area (Å²) in [6, 6.07) is 3.28. The molecule has 0 aliphatic rings. The number of hydrogen-bond donors (Lipinski definition) is 0. The fourth-order valence-electron chi connectivity index (χ4n) is 1.67. The van der Waals surface area contributed by atoms with E-state index in [4.69, 9.17) is 4.74 Å². The summed E-state index contributed by atoms with van der Waals surface area (Å²) in [5, 5.41) is 2.76. The average molecular weight is 313 g/mol. The molecule has 0 amide bonds. The Labute approximate surface area is 122 Å². The summed E-state index contributed by atoms with van der Waals surface area (Å²) < 4.78 is 30.1. The molecule has 6 nitrogen and oxygen atoms in total. The lowest BCUT2D eigenvalue weighted by Crippen LogP contribution is -2.29. The quantitative estimate of drug-likeness (QED) is 0.842. The van der Waals surface area contributed by atoms with E-state index >= 15 is 0 Å². The van der Waals surface area contributed by atoms with Crippen LogP contribution in [0.4, 0.5) is 5.69 Å². The lowest BCUT2D eigenvalue weighted by atomic mass is 10.4. The first-order chi connectivity index (χ1) is 9.40. The molecule has 0 bridgehead atoms. The molecule has 2 rings (SSSR count). The molecule has 0 N–H and O–H groups in total. The SMILES string of the molecule is COc1ccc(N(Cc2csc(C)n2)S(C)(=O)=O)cn1. The molecule has 0 saturated heterocycles. The maximum Gasteiger partial charge on any atom is 0.232 e. The van der Waals surface area contributed by atoms with Crippen LogP contribution in [0, 0.1) is 6.92 Å². The lowest BCUT2D eigenvalue weighted by molar-refractivity contribution is 0.398. The zero-order valence-electron chi connectivity index (χ0n) is 11.4. The fraction of sp³-hybridized carbons (Fsp3) is 0.333. The van der Waals surface area contributed by atoms with Gasteiger partial charge in [-0.05, 0) is 13.0 Å². The molecule has 0 fully saturated rings. The topological polar surface area (TPSA) is 72.4 Å². The highest BCUT2D eigenvalue weighted by Gasteiger charge is 2.19. The van der Waals surface area contributed by atoms with Crippen LogP contribution in [0.1, 0.15) is 10.7 Å². The summed E-state index contributed by atoms with van der Waals surface area (Å²) in [6.07, 6.45) is 2.63. The van der Waals surface area contributed by atoms with Gasteiger partial charge in [0.15, 0.2) is 0 Å². The van der Waals surface area contributed by atoms with E-state index in [9.17, 15) is 8.42 Å². The maximum atomic E-state index is 11.9. The summed E-state index contributed by atoms with van der Waals surface area (Å²) in [6.45, 7) is 2.07. The Bertz CT molecular complexity index is 680. The first kappa shape index (κ1) is 14.7. The van der Waals surface area contributed by atoms with Gasteiger partial charge in [-0.2, -0.15) is 0 Å². The predicted octanol–water partition coefficient (Wildman–Crippen LogP) is 1.82. The molecule has 2 aromatic heterocycles. The third-order valence-electron chi connectivity index (χ3n) is 2.59. The van der Waals surface area contributed by atoms with E-state index in [1.807, 2.05) is 12.3 Å². The van der Waals surface area contributed by atoms with E-state index in [0.717, 1.165) is 11.3 Å². The summed E-state index contributed by atoms with van der Waals surface area (Å²) in [4.78, 5) is 8.32. The largest absolute Gasteiger partial charge is 0.481 e. The number of nitrogens with zero attached hydrogens (tertiary/aromatic N) is 3. The third-order valence-corrected chi connectivity index (χ3v) is 4.55. The second-order valence-corrected chi connectivity index (χ2v) is 7.16. The van der Waals surface area contributed by atoms with Crippen LogP contribution >= 0.6 is 11.3 Å². The van der Waals surface area contributed by atoms with Crippen molar-refractivity contribution in [3.05, 3.63) is 34.4 Å². The van der Waals surface area contributed by atoms with E-state index < -0.39 is 10.0 Å². The fourth-order valence-corrected chi connectivity index (χ4v) is 3.13. The van der Waals surface area contributed by atoms with Crippen LogP contribution in [0.2, 0.25) is 0 Å². The van der Waals surface area contributed by atoms with Gasteiger partial charge < -0.3 is 4.74 Å². The number of pyridine rings is 1. The molecular formula is C12H15N3O3S2. The predicted molar refractivity (Wildman–Crippen MR) is 78.7 cm³/mol. The van der Waals surface area contributed by atoms with Crippen molar-refractivity contribution in [2.24, 2.45) is 0 Å². The van der Waals surface area contributed by atoms with Gasteiger partial charge in [0.25, 0.3) is 0 Å². The van der Waals surface area contributed by atoms with Gasteiger partial charge in [0, 0.05) is 11.4 Å². The van der Waals surface area contributed by atoms with E-state index in [1.165, 1.54) is 28.9 Å². The monoisotopic (exact) mass is 313 g/mol. The normalized spacial score (nSPS) is 11.3. The zero-order valence-corrected chi connectivity index (χ0v) is 13.0. The number of rotatable bonds is 5. The lowest BCUT2D eigenvalue weighted by Gasteiger charge is -2.21. The molecule has 0 unspecified atom stereocenters. The minimum Gasteiger partial charge on any atom is -0.481 e. The van der Waals surface area contributed by atoms with Crippen LogP contribution in [0.25, 0.3) is 0 Å². The van der Waals surface area contributed by atoms with Crippen LogP contribution in [0.5, 0.6) is 5.88 Å². The summed E-state index contributed by atoms with van der Waals surface area (Å²) >= 11 is 1.49. The van der Waals surface area contributed by atoms with Crippen molar-refractivity contribution in [2.75, 3.05) is 17.7 Å². The zero-order chi connectivity index (χ0) is 14.8. The molecule has 8 heteroatoms. The standard InChI is InChI=1S/C12H15N3O3S2/c1-9-14-10(8-19-9)7-15(20(3,16)17)11-4-5-12(18-2)13-6-11/h4-6,8H,7H2,1-3H3. The number of hydrogen-bond acceptors (Lipinski definition) is 6. The van der Waals surface area contributed by atoms with Crippen molar-refractivity contribution in [3.8, 4) is 5.88 Å². The Hall–Kier alpha value is -1.67. The van der Waals surface area contributed by atoms with Crippen LogP contribution in [-0.4, -0.2) is 31.8 Å². The number of thiazole rings is 1. The number of ether oxygens (including phenoxy) is 1. The molecule has 0 aliphatic heterocycles. The average Bonchev–Trinajstić information content (AvgIpc) is 2.81. The molecule has 108 valence electrons. The molecule has 0 radical (unpaired) electrons. The molecular weight excluding hydrogens is 298 g/mol. The van der Waals surface area contributed by atoms with Crippen LogP contribution in [0.3, 0.4) is 0 Å². The highest BCUT2D eigenvalue weighted by molar-refractivity contribution is 7.92. The summed E-state index contributed by atoms with van der Waals surface area (Å²) in [5.74, 6) is 0.437. The molecule has 0 spiro atoms. The van der Waals surface area contributed by atoms with Crippen LogP contribution < -0.4 is 9.04 Å². The number of anilines is 1. The second-order valence-electron chi connectivity index (χ2n) is 4.19. The van der Waals surface area contributed by atoms with Crippen molar-refractivity contribution in [2.45, 2.75) is 13.5 Å². The van der Waals surface area contributed by atoms with Gasteiger partial charge in [-0.3, -0.25) is 4.31 Å². The van der Waals surface area contributed by atoms with Crippen molar-refractivity contribution >= 4 is 27.0 Å². The highest BCUT2D eigenvalue weighted by Crippen LogP contribution is 2.22. The van der Waals surface area contributed by atoms with Crippen LogP contribution in [-0.2, 0) is 16.6 Å². The molecule has 0 atom stereocenters. The van der Waals surface area contributed by atoms with E-state index in [-0.39, 0.29) is 6.54 Å². The van der Waals surface area contributed by atoms with Crippen molar-refractivity contribution < 1.29 is 13.2 Å². The number of aromatic nitrogens is 2. The van der Waals surface area contributed by atoms with Gasteiger partial charge >= 0.3 is 0 Å². The maximum absolute atomic E-state index is 11.9. The van der Waals surface area contributed by atoms with E-state index in [2.05, 4.69) is 9.97 Å². The van der Waals surface area contributed by atoms with Gasteiger partial charge in [0.05, 0.1) is 42.5 Å². The molecule has 0 saturated carbocycles. The summed E-state index contributed by atoms with van der Waals surface area (Å²) in [7, 11) is -1.90. The molecule has 2 aromatic rings. The van der Waals surface area contributed by atoms with Crippen molar-refractivity contribution in [3.63, 3.8) is 0 Å². The van der Waals surface area contributed by atoms with Gasteiger partial charge in [0.2, 0.25) is 15.9 Å². The third kappa shape index (κ3) is 3.45. The second kappa shape index (κ2) is 5.76. The van der Waals surface area contributed by atoms with E-state index in [0.29, 0.717) is 17.3 Å². The molecule has 0 aliphatic carbocycles. The minimum absolute atomic E-state index is 0.192. The van der Waals surface area contributed by atoms with Crippen LogP contribution in [0.15, 0.2) is 23.7 Å². The first-order valence-electron chi connectivity index (χ1n) is 5.79. The number of sulfonamides is 1. The van der Waals surface area contributed by atoms with Gasteiger partial charge in [-0.1, -0.05) is 0 Å². The Balaban J connectivity index is 2.32. The smallest absolute Gasteiger partial charge is 0.232 e. The Morgan fingerprint density at radius 1 is 1.40 bits per heavy atom.